The van der Waals surface area contributed by atoms with Gasteiger partial charge in [-0.15, -0.1) is 23.1 Å². The molecule has 1 atom stereocenters. The van der Waals surface area contributed by atoms with Gasteiger partial charge in [0.25, 0.3) is 0 Å². The fourth-order valence-electron chi connectivity index (χ4n) is 3.35. The van der Waals surface area contributed by atoms with Gasteiger partial charge in [0, 0.05) is 29.7 Å². The summed E-state index contributed by atoms with van der Waals surface area (Å²) in [6, 6.07) is 15.4. The predicted molar refractivity (Wildman–Crippen MR) is 122 cm³/mol. The maximum Gasteiger partial charge on any atom is 0.243 e. The van der Waals surface area contributed by atoms with E-state index < -0.39 is 6.04 Å². The Kier molecular flexibility index (Phi) is 6.99. The molecule has 2 amide bonds. The molecule has 31 heavy (non-hydrogen) atoms. The number of nitrogens with zero attached hydrogens (tertiary/aromatic N) is 2. The smallest absolute Gasteiger partial charge is 0.243 e. The molecular weight excluding hydrogens is 433 g/mol. The summed E-state index contributed by atoms with van der Waals surface area (Å²) >= 11 is 3.15. The summed E-state index contributed by atoms with van der Waals surface area (Å²) in [7, 11) is 0. The van der Waals surface area contributed by atoms with Crippen LogP contribution in [0.1, 0.15) is 11.3 Å². The second kappa shape index (κ2) is 10.1. The van der Waals surface area contributed by atoms with Gasteiger partial charge in [-0.05, 0) is 17.7 Å². The monoisotopic (exact) mass is 455 g/mol. The fraction of sp³-hybridized carbons (Fsp3) is 0.261. The molecular formula is C23H22FN3O2S2. The molecule has 0 unspecified atom stereocenters. The van der Waals surface area contributed by atoms with Crippen LogP contribution in [-0.4, -0.2) is 45.9 Å². The van der Waals surface area contributed by atoms with Gasteiger partial charge in [0.15, 0.2) is 0 Å². The third kappa shape index (κ3) is 5.51. The van der Waals surface area contributed by atoms with Crippen LogP contribution in [0.25, 0.3) is 10.6 Å². The van der Waals surface area contributed by atoms with Crippen molar-refractivity contribution >= 4 is 34.9 Å². The van der Waals surface area contributed by atoms with E-state index in [1.807, 2.05) is 35.7 Å². The number of benzene rings is 2. The Hall–Kier alpha value is -2.71. The number of thioether (sulfide) groups is 1. The van der Waals surface area contributed by atoms with Crippen molar-refractivity contribution in [3.63, 3.8) is 0 Å². The fourth-order valence-corrected chi connectivity index (χ4v) is 5.39. The predicted octanol–water partition coefficient (Wildman–Crippen LogP) is 3.75. The van der Waals surface area contributed by atoms with Crippen LogP contribution in [0.5, 0.6) is 0 Å². The van der Waals surface area contributed by atoms with E-state index in [2.05, 4.69) is 10.3 Å². The summed E-state index contributed by atoms with van der Waals surface area (Å²) in [6.45, 7) is 0.470. The van der Waals surface area contributed by atoms with Crippen LogP contribution in [0, 0.1) is 5.82 Å². The molecule has 3 aromatic rings. The van der Waals surface area contributed by atoms with Gasteiger partial charge in [0.05, 0.1) is 18.0 Å². The third-order valence-corrected chi connectivity index (χ3v) is 6.98. The zero-order valence-corrected chi connectivity index (χ0v) is 18.4. The van der Waals surface area contributed by atoms with Gasteiger partial charge in [-0.2, -0.15) is 0 Å². The van der Waals surface area contributed by atoms with Gasteiger partial charge in [-0.1, -0.05) is 42.5 Å². The van der Waals surface area contributed by atoms with E-state index in [4.69, 9.17) is 0 Å². The summed E-state index contributed by atoms with van der Waals surface area (Å²) in [6.07, 6.45) is 0.796. The number of amides is 2. The van der Waals surface area contributed by atoms with Crippen LogP contribution in [0.4, 0.5) is 4.39 Å². The maximum absolute atomic E-state index is 13.1. The molecule has 0 bridgehead atoms. The number of thiazole rings is 1. The lowest BCUT2D eigenvalue weighted by Gasteiger charge is -2.23. The molecule has 1 aromatic heterocycles. The first kappa shape index (κ1) is 21.5. The lowest BCUT2D eigenvalue weighted by atomic mass is 10.1. The molecule has 1 aliphatic rings. The topological polar surface area (TPSA) is 62.3 Å². The van der Waals surface area contributed by atoms with Gasteiger partial charge in [0.1, 0.15) is 16.9 Å². The zero-order chi connectivity index (χ0) is 21.6. The third-order valence-electron chi connectivity index (χ3n) is 5.03. The summed E-state index contributed by atoms with van der Waals surface area (Å²) in [4.78, 5) is 31.6. The van der Waals surface area contributed by atoms with Crippen LogP contribution in [-0.2, 0) is 22.4 Å². The van der Waals surface area contributed by atoms with Gasteiger partial charge in [-0.25, -0.2) is 9.37 Å². The van der Waals surface area contributed by atoms with Crippen molar-refractivity contribution in [1.82, 2.24) is 15.2 Å². The Morgan fingerprint density at radius 2 is 1.90 bits per heavy atom. The summed E-state index contributed by atoms with van der Waals surface area (Å²) < 4.78 is 13.1. The first-order chi connectivity index (χ1) is 15.1. The van der Waals surface area contributed by atoms with Crippen LogP contribution in [0.15, 0.2) is 60.0 Å². The van der Waals surface area contributed by atoms with Crippen LogP contribution in [0.3, 0.4) is 0 Å². The SMILES string of the molecule is O=C(NCCc1csc(-c2ccccc2)n1)[C@H]1CSCN1C(=O)Cc1ccc(F)cc1. The molecule has 0 radical (unpaired) electrons. The maximum atomic E-state index is 13.1. The molecule has 1 N–H and O–H groups in total. The second-order valence-corrected chi connectivity index (χ2v) is 9.09. The second-order valence-electron chi connectivity index (χ2n) is 7.23. The highest BCUT2D eigenvalue weighted by Crippen LogP contribution is 2.24. The molecule has 2 heterocycles. The molecule has 1 fully saturated rings. The molecule has 4 rings (SSSR count). The van der Waals surface area contributed by atoms with Crippen LogP contribution in [0.2, 0.25) is 0 Å². The Bertz CT molecular complexity index is 1040. The lowest BCUT2D eigenvalue weighted by Crippen LogP contribution is -2.48. The molecule has 0 saturated carbocycles. The van der Waals surface area contributed by atoms with Crippen molar-refractivity contribution in [1.29, 1.82) is 0 Å². The Morgan fingerprint density at radius 3 is 2.68 bits per heavy atom. The van der Waals surface area contributed by atoms with Crippen molar-refractivity contribution in [3.05, 3.63) is 77.1 Å². The standard InChI is InChI=1S/C23H22FN3O2S2/c24-18-8-6-16(7-9-18)12-21(28)27-15-30-14-20(27)22(29)25-11-10-19-13-31-23(26-19)17-4-2-1-3-5-17/h1-9,13,20H,10-12,14-15H2,(H,25,29)/t20-/m1/s1. The zero-order valence-electron chi connectivity index (χ0n) is 16.8. The first-order valence-corrected chi connectivity index (χ1v) is 12.0. The Balaban J connectivity index is 1.28. The number of rotatable bonds is 7. The van der Waals surface area contributed by atoms with E-state index in [9.17, 15) is 14.0 Å². The number of hydrogen-bond donors (Lipinski definition) is 1. The molecule has 0 aliphatic carbocycles. The molecule has 1 aliphatic heterocycles. The van der Waals surface area contributed by atoms with E-state index in [0.29, 0.717) is 24.6 Å². The quantitative estimate of drug-likeness (QED) is 0.589. The highest BCUT2D eigenvalue weighted by Gasteiger charge is 2.34. The van der Waals surface area contributed by atoms with E-state index >= 15 is 0 Å². The van der Waals surface area contributed by atoms with E-state index in [0.717, 1.165) is 21.8 Å². The average Bonchev–Trinajstić information content (AvgIpc) is 3.46. The number of nitrogens with one attached hydrogen (secondary N) is 1. The summed E-state index contributed by atoms with van der Waals surface area (Å²) in [5.41, 5.74) is 2.76. The number of carbonyl (C=O) groups is 2. The van der Waals surface area contributed by atoms with Gasteiger partial charge in [-0.3, -0.25) is 9.59 Å². The molecule has 0 spiro atoms. The highest BCUT2D eigenvalue weighted by molar-refractivity contribution is 7.99. The minimum absolute atomic E-state index is 0.122. The minimum atomic E-state index is -0.478. The number of carbonyl (C=O) groups excluding carboxylic acids is 2. The average molecular weight is 456 g/mol. The summed E-state index contributed by atoms with van der Waals surface area (Å²) in [5.74, 6) is 0.474. The van der Waals surface area contributed by atoms with Crippen molar-refractivity contribution in [2.75, 3.05) is 18.2 Å². The normalized spacial score (nSPS) is 15.8. The molecule has 1 saturated heterocycles. The van der Waals surface area contributed by atoms with E-state index in [-0.39, 0.29) is 24.1 Å². The Morgan fingerprint density at radius 1 is 1.13 bits per heavy atom. The van der Waals surface area contributed by atoms with E-state index in [1.54, 1.807) is 40.1 Å². The van der Waals surface area contributed by atoms with Gasteiger partial charge < -0.3 is 10.2 Å². The lowest BCUT2D eigenvalue weighted by molar-refractivity contribution is -0.137. The van der Waals surface area contributed by atoms with Gasteiger partial charge in [0.2, 0.25) is 11.8 Å². The van der Waals surface area contributed by atoms with Crippen molar-refractivity contribution in [3.8, 4) is 10.6 Å². The van der Waals surface area contributed by atoms with Crippen molar-refractivity contribution in [2.45, 2.75) is 18.9 Å². The van der Waals surface area contributed by atoms with Crippen molar-refractivity contribution < 1.29 is 14.0 Å². The van der Waals surface area contributed by atoms with Gasteiger partial charge >= 0.3 is 0 Å². The first-order valence-electron chi connectivity index (χ1n) is 9.99. The Labute approximate surface area is 188 Å². The van der Waals surface area contributed by atoms with Crippen LogP contribution < -0.4 is 5.32 Å². The minimum Gasteiger partial charge on any atom is -0.354 e. The molecule has 160 valence electrons. The van der Waals surface area contributed by atoms with Crippen LogP contribution >= 0.6 is 23.1 Å². The number of halogens is 1. The van der Waals surface area contributed by atoms with Crippen molar-refractivity contribution in [2.24, 2.45) is 0 Å². The number of aromatic nitrogens is 1. The van der Waals surface area contributed by atoms with E-state index in [1.165, 1.54) is 12.1 Å². The number of hydrogen-bond acceptors (Lipinski definition) is 5. The summed E-state index contributed by atoms with van der Waals surface area (Å²) in [5, 5.41) is 5.92. The highest BCUT2D eigenvalue weighted by atomic mass is 32.2. The molecule has 5 nitrogen and oxygen atoms in total. The largest absolute Gasteiger partial charge is 0.354 e. The molecule has 2 aromatic carbocycles. The molecule has 8 heteroatoms.